The third kappa shape index (κ3) is 16.6. The van der Waals surface area contributed by atoms with Gasteiger partial charge in [0.05, 0.1) is 6.61 Å². The van der Waals surface area contributed by atoms with E-state index >= 15 is 0 Å². The molecule has 1 aromatic rings. The van der Waals surface area contributed by atoms with Crippen LogP contribution in [0.25, 0.3) is 0 Å². The van der Waals surface area contributed by atoms with Crippen LogP contribution >= 0.6 is 0 Å². The first-order valence-electron chi connectivity index (χ1n) is 4.58. The Balaban J connectivity index is 0. The number of aliphatic carboxylic acids is 2. The number of carbonyl (C=O) groups is 2. The summed E-state index contributed by atoms with van der Waals surface area (Å²) in [5.41, 5.74) is 0.567. The predicted molar refractivity (Wildman–Crippen MR) is 60.6 cm³/mol. The fourth-order valence-electron chi connectivity index (χ4n) is 0.645. The SMILES string of the molecule is CC(=O)O.CC(=O)O.OCc1ccccc1O. The van der Waals surface area contributed by atoms with Crippen LogP contribution in [0.3, 0.4) is 0 Å². The molecule has 0 saturated carbocycles. The Bertz CT molecular complexity index is 328. The molecule has 0 aliphatic rings. The van der Waals surface area contributed by atoms with Gasteiger partial charge < -0.3 is 20.4 Å². The molecular formula is C11H16O6. The number of hydrogen-bond donors (Lipinski definition) is 4. The second-order valence-electron chi connectivity index (χ2n) is 2.82. The quantitative estimate of drug-likeness (QED) is 0.587. The molecule has 0 spiro atoms. The van der Waals surface area contributed by atoms with Crippen molar-refractivity contribution in [1.29, 1.82) is 0 Å². The van der Waals surface area contributed by atoms with Gasteiger partial charge in [0.25, 0.3) is 11.9 Å². The molecule has 0 radical (unpaired) electrons. The minimum Gasteiger partial charge on any atom is -0.508 e. The van der Waals surface area contributed by atoms with Gasteiger partial charge in [-0.3, -0.25) is 9.59 Å². The van der Waals surface area contributed by atoms with E-state index in [9.17, 15) is 0 Å². The number of para-hydroxylation sites is 1. The minimum absolute atomic E-state index is 0.104. The first-order valence-corrected chi connectivity index (χ1v) is 4.58. The minimum atomic E-state index is -0.833. The summed E-state index contributed by atoms with van der Waals surface area (Å²) in [6.07, 6.45) is 0. The monoisotopic (exact) mass is 244 g/mol. The van der Waals surface area contributed by atoms with Crippen molar-refractivity contribution < 1.29 is 30.0 Å². The molecule has 0 amide bonds. The third-order valence-electron chi connectivity index (χ3n) is 1.16. The van der Waals surface area contributed by atoms with Gasteiger partial charge >= 0.3 is 0 Å². The zero-order valence-corrected chi connectivity index (χ0v) is 9.62. The molecule has 0 fully saturated rings. The van der Waals surface area contributed by atoms with Crippen LogP contribution in [0.1, 0.15) is 19.4 Å². The first-order chi connectivity index (χ1) is 7.81. The molecule has 0 atom stereocenters. The summed E-state index contributed by atoms with van der Waals surface area (Å²) in [6.45, 7) is 2.06. The smallest absolute Gasteiger partial charge is 0.300 e. The zero-order valence-electron chi connectivity index (χ0n) is 9.62. The lowest BCUT2D eigenvalue weighted by atomic mass is 10.2. The molecule has 17 heavy (non-hydrogen) atoms. The van der Waals surface area contributed by atoms with Crippen molar-refractivity contribution in [3.63, 3.8) is 0 Å². The van der Waals surface area contributed by atoms with E-state index in [1.54, 1.807) is 24.3 Å². The molecule has 0 unspecified atom stereocenters. The number of hydrogen-bond acceptors (Lipinski definition) is 4. The Morgan fingerprint density at radius 3 is 1.65 bits per heavy atom. The number of aliphatic hydroxyl groups is 1. The van der Waals surface area contributed by atoms with E-state index in [4.69, 9.17) is 30.0 Å². The van der Waals surface area contributed by atoms with E-state index in [2.05, 4.69) is 0 Å². The number of aliphatic hydroxyl groups excluding tert-OH is 1. The Hall–Kier alpha value is -2.08. The Morgan fingerprint density at radius 2 is 1.41 bits per heavy atom. The van der Waals surface area contributed by atoms with Crippen molar-refractivity contribution in [3.05, 3.63) is 29.8 Å². The highest BCUT2D eigenvalue weighted by Crippen LogP contribution is 2.14. The van der Waals surface area contributed by atoms with Crippen molar-refractivity contribution in [2.75, 3.05) is 0 Å². The van der Waals surface area contributed by atoms with Crippen LogP contribution in [-0.2, 0) is 16.2 Å². The highest BCUT2D eigenvalue weighted by molar-refractivity contribution is 5.63. The molecule has 0 aliphatic heterocycles. The lowest BCUT2D eigenvalue weighted by Crippen LogP contribution is -1.80. The van der Waals surface area contributed by atoms with Gasteiger partial charge in [-0.2, -0.15) is 0 Å². The fourth-order valence-corrected chi connectivity index (χ4v) is 0.645. The lowest BCUT2D eigenvalue weighted by Gasteiger charge is -1.96. The summed E-state index contributed by atoms with van der Waals surface area (Å²) in [5, 5.41) is 32.3. The van der Waals surface area contributed by atoms with E-state index in [-0.39, 0.29) is 12.4 Å². The van der Waals surface area contributed by atoms with E-state index in [0.29, 0.717) is 5.56 Å². The van der Waals surface area contributed by atoms with Gasteiger partial charge in [-0.1, -0.05) is 18.2 Å². The summed E-state index contributed by atoms with van der Waals surface area (Å²) in [7, 11) is 0. The van der Waals surface area contributed by atoms with Gasteiger partial charge in [0, 0.05) is 19.4 Å². The lowest BCUT2D eigenvalue weighted by molar-refractivity contribution is -0.135. The summed E-state index contributed by atoms with van der Waals surface area (Å²) < 4.78 is 0. The predicted octanol–water partition coefficient (Wildman–Crippen LogP) is 1.07. The van der Waals surface area contributed by atoms with Crippen LogP contribution in [0.15, 0.2) is 24.3 Å². The van der Waals surface area contributed by atoms with Crippen LogP contribution in [0.5, 0.6) is 5.75 Å². The average Bonchev–Trinajstić information content (AvgIpc) is 2.16. The van der Waals surface area contributed by atoms with Gasteiger partial charge in [-0.25, -0.2) is 0 Å². The van der Waals surface area contributed by atoms with Crippen molar-refractivity contribution in [3.8, 4) is 5.75 Å². The van der Waals surface area contributed by atoms with Crippen LogP contribution in [0.2, 0.25) is 0 Å². The van der Waals surface area contributed by atoms with Crippen molar-refractivity contribution >= 4 is 11.9 Å². The molecule has 0 heterocycles. The molecule has 4 N–H and O–H groups in total. The number of phenols is 1. The molecule has 1 rings (SSSR count). The number of carboxylic acid groups (broad SMARTS) is 2. The van der Waals surface area contributed by atoms with Crippen LogP contribution in [0.4, 0.5) is 0 Å². The van der Waals surface area contributed by atoms with Crippen LogP contribution in [-0.4, -0.2) is 32.4 Å². The van der Waals surface area contributed by atoms with Gasteiger partial charge in [0.15, 0.2) is 0 Å². The number of benzene rings is 1. The van der Waals surface area contributed by atoms with Crippen molar-refractivity contribution in [1.82, 2.24) is 0 Å². The summed E-state index contributed by atoms with van der Waals surface area (Å²) >= 11 is 0. The third-order valence-corrected chi connectivity index (χ3v) is 1.16. The van der Waals surface area contributed by atoms with Crippen molar-refractivity contribution in [2.45, 2.75) is 20.5 Å². The van der Waals surface area contributed by atoms with Gasteiger partial charge in [0.2, 0.25) is 0 Å². The maximum atomic E-state index is 9.00. The molecule has 0 saturated heterocycles. The second-order valence-corrected chi connectivity index (χ2v) is 2.82. The number of aromatic hydroxyl groups is 1. The van der Waals surface area contributed by atoms with Crippen LogP contribution < -0.4 is 0 Å². The maximum absolute atomic E-state index is 9.00. The molecule has 0 bridgehead atoms. The number of carboxylic acids is 2. The first kappa shape index (κ1) is 17.3. The van der Waals surface area contributed by atoms with E-state index in [0.717, 1.165) is 13.8 Å². The molecule has 0 aromatic heterocycles. The average molecular weight is 244 g/mol. The second kappa shape index (κ2) is 10.4. The van der Waals surface area contributed by atoms with Gasteiger partial charge in [-0.15, -0.1) is 0 Å². The van der Waals surface area contributed by atoms with E-state index < -0.39 is 11.9 Å². The normalized spacial score (nSPS) is 7.94. The Labute approximate surface area is 98.8 Å². The van der Waals surface area contributed by atoms with E-state index in [1.807, 2.05) is 0 Å². The highest BCUT2D eigenvalue weighted by Gasteiger charge is 1.93. The summed E-state index contributed by atoms with van der Waals surface area (Å²) in [4.78, 5) is 18.0. The van der Waals surface area contributed by atoms with Crippen molar-refractivity contribution in [2.24, 2.45) is 0 Å². The number of rotatable bonds is 1. The summed E-state index contributed by atoms with van der Waals surface area (Å²) in [5.74, 6) is -1.51. The Morgan fingerprint density at radius 1 is 1.06 bits per heavy atom. The fraction of sp³-hybridized carbons (Fsp3) is 0.273. The Kier molecular flexibility index (Phi) is 10.6. The molecule has 6 nitrogen and oxygen atoms in total. The highest BCUT2D eigenvalue weighted by atomic mass is 16.4. The molecule has 0 aliphatic carbocycles. The largest absolute Gasteiger partial charge is 0.508 e. The van der Waals surface area contributed by atoms with Crippen LogP contribution in [0, 0.1) is 0 Å². The standard InChI is InChI=1S/C7H8O2.2C2H4O2/c8-5-6-3-1-2-4-7(6)9;2*1-2(3)4/h1-4,8-9H,5H2;2*1H3,(H,3,4). The van der Waals surface area contributed by atoms with Gasteiger partial charge in [-0.05, 0) is 6.07 Å². The molecular weight excluding hydrogens is 228 g/mol. The molecule has 96 valence electrons. The molecule has 6 heteroatoms. The molecule has 1 aromatic carbocycles. The van der Waals surface area contributed by atoms with Gasteiger partial charge in [0.1, 0.15) is 5.75 Å². The summed E-state index contributed by atoms with van der Waals surface area (Å²) in [6, 6.07) is 6.71. The maximum Gasteiger partial charge on any atom is 0.300 e. The topological polar surface area (TPSA) is 115 Å². The van der Waals surface area contributed by atoms with E-state index in [1.165, 1.54) is 0 Å². The zero-order chi connectivity index (χ0) is 13.8.